The number of amides is 1. The molecule has 2 rings (SSSR count). The maximum absolute atomic E-state index is 13.1. The fourth-order valence-electron chi connectivity index (χ4n) is 1.46. The van der Waals surface area contributed by atoms with Crippen LogP contribution in [0.25, 0.3) is 0 Å². The summed E-state index contributed by atoms with van der Waals surface area (Å²) in [6, 6.07) is 7.85. The fourth-order valence-corrected chi connectivity index (χ4v) is 1.66. The number of thiocarbonyl (C=S) groups is 1. The summed E-state index contributed by atoms with van der Waals surface area (Å²) < 4.78 is 25.9. The number of benzene rings is 1. The summed E-state index contributed by atoms with van der Waals surface area (Å²) in [6.07, 6.45) is 1.44. The van der Waals surface area contributed by atoms with Crippen molar-refractivity contribution < 1.29 is 13.6 Å². The van der Waals surface area contributed by atoms with Gasteiger partial charge < -0.3 is 5.32 Å². The quantitative estimate of drug-likeness (QED) is 0.385. The second-order valence-corrected chi connectivity index (χ2v) is 4.34. The first-order valence-corrected chi connectivity index (χ1v) is 6.16. The highest BCUT2D eigenvalue weighted by Gasteiger charge is 2.18. The molecule has 0 saturated heterocycles. The van der Waals surface area contributed by atoms with E-state index in [1.165, 1.54) is 18.3 Å². The summed E-state index contributed by atoms with van der Waals surface area (Å²) in [7, 11) is 0. The van der Waals surface area contributed by atoms with E-state index in [0.29, 0.717) is 5.01 Å². The number of rotatable bonds is 2. The van der Waals surface area contributed by atoms with E-state index >= 15 is 0 Å². The van der Waals surface area contributed by atoms with Gasteiger partial charge in [-0.25, -0.2) is 19.6 Å². The maximum atomic E-state index is 13.1. The van der Waals surface area contributed by atoms with Crippen LogP contribution in [-0.2, 0) is 0 Å². The summed E-state index contributed by atoms with van der Waals surface area (Å²) >= 11 is 4.94. The van der Waals surface area contributed by atoms with E-state index < -0.39 is 17.5 Å². The Kier molecular flexibility index (Phi) is 4.51. The largest absolute Gasteiger partial charge is 0.331 e. The second kappa shape index (κ2) is 6.33. The fraction of sp³-hybridized carbons (Fsp3) is 0. The monoisotopic (exact) mass is 308 g/mol. The molecule has 0 bridgehead atoms. The second-order valence-electron chi connectivity index (χ2n) is 3.95. The molecule has 1 heterocycles. The molecule has 0 fully saturated rings. The molecule has 2 aromatic rings. The predicted octanol–water partition coefficient (Wildman–Crippen LogP) is 2.07. The zero-order chi connectivity index (χ0) is 15.4. The van der Waals surface area contributed by atoms with Crippen molar-refractivity contribution in [3.05, 3.63) is 59.9 Å². The number of carbonyl (C=O) groups is 1. The number of anilines is 1. The van der Waals surface area contributed by atoms with E-state index in [0.717, 1.165) is 12.1 Å². The molecule has 5 nitrogen and oxygen atoms in total. The Hall–Kier alpha value is -2.45. The molecule has 108 valence electrons. The van der Waals surface area contributed by atoms with Crippen molar-refractivity contribution in [1.29, 1.82) is 0 Å². The van der Waals surface area contributed by atoms with Crippen LogP contribution in [0.4, 0.5) is 14.5 Å². The van der Waals surface area contributed by atoms with Crippen LogP contribution in [0.15, 0.2) is 42.6 Å². The Morgan fingerprint density at radius 3 is 2.62 bits per heavy atom. The first-order chi connectivity index (χ1) is 9.99. The molecule has 1 aromatic carbocycles. The summed E-state index contributed by atoms with van der Waals surface area (Å²) in [5.74, 6) is 2.93. The highest BCUT2D eigenvalue weighted by Crippen LogP contribution is 2.13. The SMILES string of the molecule is NN(C(=O)c1ccccn1)C(=S)Nc1ccc(F)c(F)c1. The number of nitrogens with one attached hydrogen (secondary N) is 1. The van der Waals surface area contributed by atoms with Crippen molar-refractivity contribution in [2.24, 2.45) is 5.84 Å². The van der Waals surface area contributed by atoms with Crippen LogP contribution in [0.2, 0.25) is 0 Å². The smallest absolute Gasteiger partial charge is 0.292 e. The first kappa shape index (κ1) is 14.9. The van der Waals surface area contributed by atoms with Crippen LogP contribution in [-0.4, -0.2) is 21.0 Å². The molecular formula is C13H10F2N4OS. The normalized spacial score (nSPS) is 10.0. The Labute approximate surface area is 124 Å². The van der Waals surface area contributed by atoms with Crippen molar-refractivity contribution in [3.63, 3.8) is 0 Å². The molecule has 0 atom stereocenters. The van der Waals surface area contributed by atoms with Crippen LogP contribution in [0, 0.1) is 11.6 Å². The van der Waals surface area contributed by atoms with Crippen molar-refractivity contribution in [2.75, 3.05) is 5.32 Å². The van der Waals surface area contributed by atoms with E-state index in [1.807, 2.05) is 0 Å². The molecular weight excluding hydrogens is 298 g/mol. The molecule has 0 saturated carbocycles. The van der Waals surface area contributed by atoms with Crippen LogP contribution in [0.3, 0.4) is 0 Å². The van der Waals surface area contributed by atoms with Gasteiger partial charge in [-0.3, -0.25) is 9.78 Å². The molecule has 1 amide bonds. The van der Waals surface area contributed by atoms with Crippen molar-refractivity contribution >= 4 is 28.9 Å². The first-order valence-electron chi connectivity index (χ1n) is 5.75. The Morgan fingerprint density at radius 2 is 2.00 bits per heavy atom. The lowest BCUT2D eigenvalue weighted by Gasteiger charge is -2.18. The number of halogens is 2. The van der Waals surface area contributed by atoms with E-state index in [2.05, 4.69) is 10.3 Å². The number of hydrogen-bond acceptors (Lipinski definition) is 4. The van der Waals surface area contributed by atoms with Gasteiger partial charge in [0.2, 0.25) is 0 Å². The van der Waals surface area contributed by atoms with Gasteiger partial charge in [0.05, 0.1) is 0 Å². The Bertz CT molecular complexity index is 681. The van der Waals surface area contributed by atoms with Gasteiger partial charge in [0.25, 0.3) is 5.91 Å². The molecule has 1 aromatic heterocycles. The highest BCUT2D eigenvalue weighted by atomic mass is 32.1. The number of pyridine rings is 1. The molecule has 0 radical (unpaired) electrons. The molecule has 0 aliphatic rings. The minimum Gasteiger partial charge on any atom is -0.331 e. The van der Waals surface area contributed by atoms with E-state index in [4.69, 9.17) is 18.1 Å². The van der Waals surface area contributed by atoms with Gasteiger partial charge in [0.1, 0.15) is 5.69 Å². The molecule has 8 heteroatoms. The molecule has 0 aliphatic carbocycles. The maximum Gasteiger partial charge on any atom is 0.292 e. The number of hydrogen-bond donors (Lipinski definition) is 2. The topological polar surface area (TPSA) is 71.2 Å². The van der Waals surface area contributed by atoms with Crippen molar-refractivity contribution in [2.45, 2.75) is 0 Å². The highest BCUT2D eigenvalue weighted by molar-refractivity contribution is 7.80. The lowest BCUT2D eigenvalue weighted by molar-refractivity contribution is 0.0844. The average Bonchev–Trinajstić information content (AvgIpc) is 2.50. The molecule has 0 unspecified atom stereocenters. The van der Waals surface area contributed by atoms with E-state index in [1.54, 1.807) is 12.1 Å². The summed E-state index contributed by atoms with van der Waals surface area (Å²) in [6.45, 7) is 0. The zero-order valence-electron chi connectivity index (χ0n) is 10.6. The van der Waals surface area contributed by atoms with Crippen molar-refractivity contribution in [1.82, 2.24) is 9.99 Å². The third-order valence-electron chi connectivity index (χ3n) is 2.49. The summed E-state index contributed by atoms with van der Waals surface area (Å²) in [5.41, 5.74) is 0.276. The Balaban J connectivity index is 2.09. The van der Waals surface area contributed by atoms with Gasteiger partial charge in [0.15, 0.2) is 16.7 Å². The third kappa shape index (κ3) is 3.56. The number of carbonyl (C=O) groups excluding carboxylic acids is 1. The Morgan fingerprint density at radius 1 is 1.24 bits per heavy atom. The van der Waals surface area contributed by atoms with E-state index in [9.17, 15) is 13.6 Å². The van der Waals surface area contributed by atoms with Gasteiger partial charge in [-0.15, -0.1) is 0 Å². The third-order valence-corrected chi connectivity index (χ3v) is 2.79. The summed E-state index contributed by atoms with van der Waals surface area (Å²) in [4.78, 5) is 15.8. The standard InChI is InChI=1S/C13H10F2N4OS/c14-9-5-4-8(7-10(9)15)18-13(21)19(16)12(20)11-3-1-2-6-17-11/h1-7H,16H2,(H,18,21). The van der Waals surface area contributed by atoms with Crippen LogP contribution >= 0.6 is 12.2 Å². The lowest BCUT2D eigenvalue weighted by Crippen LogP contribution is -2.45. The minimum absolute atomic E-state index is 0.106. The van der Waals surface area contributed by atoms with Crippen LogP contribution < -0.4 is 11.2 Å². The minimum atomic E-state index is -1.04. The van der Waals surface area contributed by atoms with Gasteiger partial charge in [-0.1, -0.05) is 6.07 Å². The van der Waals surface area contributed by atoms with Crippen LogP contribution in [0.5, 0.6) is 0 Å². The number of nitrogens with zero attached hydrogens (tertiary/aromatic N) is 2. The van der Waals surface area contributed by atoms with E-state index in [-0.39, 0.29) is 16.5 Å². The number of aromatic nitrogens is 1. The van der Waals surface area contributed by atoms with Gasteiger partial charge in [0, 0.05) is 18.0 Å². The average molecular weight is 308 g/mol. The molecule has 21 heavy (non-hydrogen) atoms. The van der Waals surface area contributed by atoms with Crippen molar-refractivity contribution in [3.8, 4) is 0 Å². The van der Waals surface area contributed by atoms with Gasteiger partial charge in [-0.2, -0.15) is 0 Å². The van der Waals surface area contributed by atoms with Crippen LogP contribution in [0.1, 0.15) is 10.5 Å². The molecule has 0 aliphatic heterocycles. The number of hydrazine groups is 1. The number of nitrogens with two attached hydrogens (primary N) is 1. The molecule has 0 spiro atoms. The van der Waals surface area contributed by atoms with Gasteiger partial charge >= 0.3 is 0 Å². The molecule has 3 N–H and O–H groups in total. The summed E-state index contributed by atoms with van der Waals surface area (Å²) in [5, 5.41) is 3.03. The predicted molar refractivity (Wildman–Crippen MR) is 77.2 cm³/mol. The van der Waals surface area contributed by atoms with Gasteiger partial charge in [-0.05, 0) is 36.5 Å². The zero-order valence-corrected chi connectivity index (χ0v) is 11.4. The lowest BCUT2D eigenvalue weighted by atomic mass is 10.3.